The molecule has 1 unspecified atom stereocenters. The predicted molar refractivity (Wildman–Crippen MR) is 66.3 cm³/mol. The highest BCUT2D eigenvalue weighted by Gasteiger charge is 2.18. The van der Waals surface area contributed by atoms with Crippen LogP contribution in [0.3, 0.4) is 0 Å². The summed E-state index contributed by atoms with van der Waals surface area (Å²) in [5, 5.41) is 0. The standard InChI is InChI=1S/C13H18N2O2/c14-12-5-3-11(4-6-12)8-15(10-16)9-13-2-1-7-17-13/h3-6,10,13H,1-2,7-9,14H2. The third kappa shape index (κ3) is 3.46. The van der Waals surface area contributed by atoms with Crippen LogP contribution in [0, 0.1) is 0 Å². The van der Waals surface area contributed by atoms with E-state index in [1.54, 1.807) is 4.90 Å². The first-order valence-corrected chi connectivity index (χ1v) is 5.93. The fourth-order valence-corrected chi connectivity index (χ4v) is 2.05. The minimum absolute atomic E-state index is 0.203. The molecule has 4 heteroatoms. The number of amides is 1. The van der Waals surface area contributed by atoms with E-state index in [-0.39, 0.29) is 6.10 Å². The number of nitrogens with two attached hydrogens (primary N) is 1. The molecule has 92 valence electrons. The molecule has 1 aliphatic heterocycles. The molecule has 0 radical (unpaired) electrons. The minimum atomic E-state index is 0.203. The Hall–Kier alpha value is -1.55. The zero-order valence-electron chi connectivity index (χ0n) is 9.84. The van der Waals surface area contributed by atoms with Gasteiger partial charge >= 0.3 is 0 Å². The molecule has 1 saturated heterocycles. The van der Waals surface area contributed by atoms with Crippen molar-refractivity contribution in [2.24, 2.45) is 0 Å². The van der Waals surface area contributed by atoms with Crippen molar-refractivity contribution in [1.82, 2.24) is 4.90 Å². The summed E-state index contributed by atoms with van der Waals surface area (Å²) in [6.07, 6.45) is 3.23. The molecule has 1 atom stereocenters. The molecule has 2 rings (SSSR count). The lowest BCUT2D eigenvalue weighted by atomic mass is 10.2. The van der Waals surface area contributed by atoms with Gasteiger partial charge in [-0.2, -0.15) is 0 Å². The number of hydrogen-bond donors (Lipinski definition) is 1. The third-order valence-electron chi connectivity index (χ3n) is 2.98. The van der Waals surface area contributed by atoms with E-state index >= 15 is 0 Å². The molecule has 0 saturated carbocycles. The fraction of sp³-hybridized carbons (Fsp3) is 0.462. The van der Waals surface area contributed by atoms with Crippen LogP contribution in [0.15, 0.2) is 24.3 Å². The Morgan fingerprint density at radius 1 is 1.41 bits per heavy atom. The Morgan fingerprint density at radius 2 is 2.18 bits per heavy atom. The van der Waals surface area contributed by atoms with Gasteiger partial charge in [0.2, 0.25) is 6.41 Å². The molecular formula is C13H18N2O2. The van der Waals surface area contributed by atoms with Crippen molar-refractivity contribution >= 4 is 12.1 Å². The number of carbonyl (C=O) groups is 1. The van der Waals surface area contributed by atoms with Gasteiger partial charge in [0, 0.05) is 25.4 Å². The maximum Gasteiger partial charge on any atom is 0.210 e. The number of ether oxygens (including phenoxy) is 1. The van der Waals surface area contributed by atoms with Crippen LogP contribution >= 0.6 is 0 Å². The van der Waals surface area contributed by atoms with Crippen LogP contribution in [0.2, 0.25) is 0 Å². The third-order valence-corrected chi connectivity index (χ3v) is 2.98. The second-order valence-electron chi connectivity index (χ2n) is 4.41. The first-order chi connectivity index (χ1) is 8.28. The van der Waals surface area contributed by atoms with Crippen LogP contribution < -0.4 is 5.73 Å². The maximum atomic E-state index is 11.0. The summed E-state index contributed by atoms with van der Waals surface area (Å²) in [7, 11) is 0. The molecule has 0 spiro atoms. The topological polar surface area (TPSA) is 55.6 Å². The number of rotatable bonds is 5. The lowest BCUT2D eigenvalue weighted by Gasteiger charge is -2.21. The monoisotopic (exact) mass is 234 g/mol. The molecule has 1 fully saturated rings. The molecule has 4 nitrogen and oxygen atoms in total. The highest BCUT2D eigenvalue weighted by molar-refractivity contribution is 5.48. The molecule has 1 aromatic rings. The molecular weight excluding hydrogens is 216 g/mol. The van der Waals surface area contributed by atoms with Gasteiger partial charge < -0.3 is 15.4 Å². The maximum absolute atomic E-state index is 11.0. The predicted octanol–water partition coefficient (Wildman–Crippen LogP) is 1.41. The molecule has 1 aliphatic rings. The van der Waals surface area contributed by atoms with E-state index < -0.39 is 0 Å². The van der Waals surface area contributed by atoms with Crippen LogP contribution in [-0.2, 0) is 16.1 Å². The number of benzene rings is 1. The highest BCUT2D eigenvalue weighted by atomic mass is 16.5. The number of nitrogens with zero attached hydrogens (tertiary/aromatic N) is 1. The Kier molecular flexibility index (Phi) is 3.98. The summed E-state index contributed by atoms with van der Waals surface area (Å²) in [6, 6.07) is 7.59. The number of nitrogen functional groups attached to an aromatic ring is 1. The van der Waals surface area contributed by atoms with E-state index in [0.717, 1.165) is 37.1 Å². The van der Waals surface area contributed by atoms with Gasteiger partial charge in [-0.3, -0.25) is 4.79 Å². The average Bonchev–Trinajstić information content (AvgIpc) is 2.84. The fourth-order valence-electron chi connectivity index (χ4n) is 2.05. The minimum Gasteiger partial charge on any atom is -0.399 e. The van der Waals surface area contributed by atoms with Gasteiger partial charge in [-0.05, 0) is 30.5 Å². The smallest absolute Gasteiger partial charge is 0.210 e. The van der Waals surface area contributed by atoms with Gasteiger partial charge in [-0.1, -0.05) is 12.1 Å². The van der Waals surface area contributed by atoms with Crippen molar-refractivity contribution < 1.29 is 9.53 Å². The Balaban J connectivity index is 1.89. The largest absolute Gasteiger partial charge is 0.399 e. The zero-order chi connectivity index (χ0) is 12.1. The quantitative estimate of drug-likeness (QED) is 0.619. The molecule has 1 amide bonds. The van der Waals surface area contributed by atoms with Crippen LogP contribution in [-0.4, -0.2) is 30.6 Å². The van der Waals surface area contributed by atoms with Crippen molar-refractivity contribution in [3.8, 4) is 0 Å². The van der Waals surface area contributed by atoms with Gasteiger partial charge in [0.1, 0.15) is 0 Å². The van der Waals surface area contributed by atoms with Crippen LogP contribution in [0.25, 0.3) is 0 Å². The van der Waals surface area contributed by atoms with Crippen molar-refractivity contribution in [3.05, 3.63) is 29.8 Å². The first-order valence-electron chi connectivity index (χ1n) is 5.93. The van der Waals surface area contributed by atoms with Crippen molar-refractivity contribution in [3.63, 3.8) is 0 Å². The van der Waals surface area contributed by atoms with E-state index in [2.05, 4.69) is 0 Å². The Labute approximate surface area is 101 Å². The molecule has 17 heavy (non-hydrogen) atoms. The van der Waals surface area contributed by atoms with Crippen LogP contribution in [0.5, 0.6) is 0 Å². The van der Waals surface area contributed by atoms with Crippen LogP contribution in [0.1, 0.15) is 18.4 Å². The lowest BCUT2D eigenvalue weighted by molar-refractivity contribution is -0.120. The van der Waals surface area contributed by atoms with E-state index in [1.807, 2.05) is 24.3 Å². The zero-order valence-corrected chi connectivity index (χ0v) is 9.84. The first kappa shape index (κ1) is 11.9. The van der Waals surface area contributed by atoms with E-state index in [0.29, 0.717) is 13.1 Å². The second-order valence-corrected chi connectivity index (χ2v) is 4.41. The number of anilines is 1. The summed E-state index contributed by atoms with van der Waals surface area (Å²) in [4.78, 5) is 12.8. The Morgan fingerprint density at radius 3 is 2.76 bits per heavy atom. The lowest BCUT2D eigenvalue weighted by Crippen LogP contribution is -2.30. The Bertz CT molecular complexity index is 358. The van der Waals surface area contributed by atoms with E-state index in [1.165, 1.54) is 0 Å². The average molecular weight is 234 g/mol. The van der Waals surface area contributed by atoms with Crippen molar-refractivity contribution in [2.75, 3.05) is 18.9 Å². The van der Waals surface area contributed by atoms with Gasteiger partial charge in [0.15, 0.2) is 0 Å². The molecule has 1 aromatic carbocycles. The van der Waals surface area contributed by atoms with Gasteiger partial charge in [-0.15, -0.1) is 0 Å². The molecule has 2 N–H and O–H groups in total. The molecule has 0 bridgehead atoms. The van der Waals surface area contributed by atoms with Gasteiger partial charge in [-0.25, -0.2) is 0 Å². The number of hydrogen-bond acceptors (Lipinski definition) is 3. The molecule has 1 heterocycles. The van der Waals surface area contributed by atoms with E-state index in [4.69, 9.17) is 10.5 Å². The van der Waals surface area contributed by atoms with Gasteiger partial charge in [0.25, 0.3) is 0 Å². The SMILES string of the molecule is Nc1ccc(CN(C=O)CC2CCCO2)cc1. The normalized spacial score (nSPS) is 19.2. The summed E-state index contributed by atoms with van der Waals surface area (Å²) in [5.41, 5.74) is 7.45. The summed E-state index contributed by atoms with van der Waals surface area (Å²) < 4.78 is 5.52. The van der Waals surface area contributed by atoms with Crippen molar-refractivity contribution in [2.45, 2.75) is 25.5 Å². The highest BCUT2D eigenvalue weighted by Crippen LogP contribution is 2.14. The summed E-state index contributed by atoms with van der Waals surface area (Å²) >= 11 is 0. The van der Waals surface area contributed by atoms with E-state index in [9.17, 15) is 4.79 Å². The second kappa shape index (κ2) is 5.68. The number of carbonyl (C=O) groups excluding carboxylic acids is 1. The van der Waals surface area contributed by atoms with Gasteiger partial charge in [0.05, 0.1) is 6.10 Å². The molecule has 0 aliphatic carbocycles. The molecule has 0 aromatic heterocycles. The summed E-state index contributed by atoms with van der Waals surface area (Å²) in [5.74, 6) is 0. The van der Waals surface area contributed by atoms with Crippen molar-refractivity contribution in [1.29, 1.82) is 0 Å². The summed E-state index contributed by atoms with van der Waals surface area (Å²) in [6.45, 7) is 2.11. The van der Waals surface area contributed by atoms with Crippen LogP contribution in [0.4, 0.5) is 5.69 Å².